The number of carbonyl (C=O) groups excluding carboxylic acids is 1. The number of benzene rings is 4. The second-order valence-corrected chi connectivity index (χ2v) is 11.5. The van der Waals surface area contributed by atoms with Gasteiger partial charge in [-0.15, -0.1) is 0 Å². The SMILES string of the molecule is CCOC(=O)C1=C(Nc2ccc(Br)cc2)CC(c2ccc(C#N)cc2)N(c2ccc(Br)cc2)C1c1ccc(C#N)cc1. The Morgan fingerprint density at radius 2 is 1.36 bits per heavy atom. The van der Waals surface area contributed by atoms with Crippen molar-refractivity contribution in [3.8, 4) is 12.1 Å². The maximum absolute atomic E-state index is 13.9. The Balaban J connectivity index is 1.78. The number of halogens is 2. The van der Waals surface area contributed by atoms with Crippen LogP contribution in [0.1, 0.15) is 47.7 Å². The Hall–Kier alpha value is -4.37. The molecule has 0 spiro atoms. The molecule has 1 aliphatic heterocycles. The molecule has 4 aromatic rings. The van der Waals surface area contributed by atoms with E-state index < -0.39 is 12.0 Å². The molecule has 1 heterocycles. The van der Waals surface area contributed by atoms with Crippen molar-refractivity contribution in [3.05, 3.63) is 140 Å². The lowest BCUT2D eigenvalue weighted by molar-refractivity contribution is -0.139. The highest BCUT2D eigenvalue weighted by atomic mass is 79.9. The zero-order valence-corrected chi connectivity index (χ0v) is 25.9. The van der Waals surface area contributed by atoms with Gasteiger partial charge in [-0.25, -0.2) is 4.79 Å². The number of carbonyl (C=O) groups is 1. The molecule has 0 radical (unpaired) electrons. The summed E-state index contributed by atoms with van der Waals surface area (Å²) in [5.41, 5.74) is 5.93. The van der Waals surface area contributed by atoms with Crippen LogP contribution in [0.15, 0.2) is 117 Å². The van der Waals surface area contributed by atoms with Crippen LogP contribution < -0.4 is 10.2 Å². The van der Waals surface area contributed by atoms with Crippen LogP contribution in [0.3, 0.4) is 0 Å². The zero-order chi connectivity index (χ0) is 29.6. The van der Waals surface area contributed by atoms with Crippen molar-refractivity contribution in [3.63, 3.8) is 0 Å². The first-order valence-electron chi connectivity index (χ1n) is 13.4. The third-order valence-electron chi connectivity index (χ3n) is 7.15. The summed E-state index contributed by atoms with van der Waals surface area (Å²) in [6, 6.07) is 34.3. The van der Waals surface area contributed by atoms with Crippen molar-refractivity contribution in [1.82, 2.24) is 0 Å². The van der Waals surface area contributed by atoms with E-state index >= 15 is 0 Å². The highest BCUT2D eigenvalue weighted by Gasteiger charge is 2.41. The predicted octanol–water partition coefficient (Wildman–Crippen LogP) is 8.58. The lowest BCUT2D eigenvalue weighted by atomic mass is 9.83. The number of rotatable bonds is 7. The van der Waals surface area contributed by atoms with E-state index in [1.54, 1.807) is 19.1 Å². The zero-order valence-electron chi connectivity index (χ0n) is 22.7. The second kappa shape index (κ2) is 13.1. The molecular formula is C34H26Br2N4O2. The molecule has 2 unspecified atom stereocenters. The van der Waals surface area contributed by atoms with Crippen molar-refractivity contribution in [2.24, 2.45) is 0 Å². The molecule has 6 nitrogen and oxygen atoms in total. The Kier molecular flexibility index (Phi) is 9.07. The third-order valence-corrected chi connectivity index (χ3v) is 8.21. The fourth-order valence-corrected chi connectivity index (χ4v) is 5.75. The first-order chi connectivity index (χ1) is 20.4. The number of ether oxygens (including phenoxy) is 1. The maximum atomic E-state index is 13.9. The van der Waals surface area contributed by atoms with Crippen LogP contribution in [0.4, 0.5) is 11.4 Å². The van der Waals surface area contributed by atoms with Gasteiger partial charge in [0.15, 0.2) is 0 Å². The molecule has 1 aliphatic rings. The van der Waals surface area contributed by atoms with Crippen molar-refractivity contribution in [2.45, 2.75) is 25.4 Å². The van der Waals surface area contributed by atoms with Gasteiger partial charge >= 0.3 is 5.97 Å². The van der Waals surface area contributed by atoms with Crippen molar-refractivity contribution >= 4 is 49.2 Å². The number of hydrogen-bond donors (Lipinski definition) is 1. The minimum atomic E-state index is -0.551. The van der Waals surface area contributed by atoms with Crippen molar-refractivity contribution in [1.29, 1.82) is 10.5 Å². The summed E-state index contributed by atoms with van der Waals surface area (Å²) < 4.78 is 7.56. The van der Waals surface area contributed by atoms with Gasteiger partial charge in [-0.05, 0) is 90.8 Å². The molecule has 5 rings (SSSR count). The number of nitrogens with one attached hydrogen (secondary N) is 1. The normalized spacial score (nSPS) is 16.4. The highest BCUT2D eigenvalue weighted by Crippen LogP contribution is 2.48. The van der Waals surface area contributed by atoms with Gasteiger partial charge < -0.3 is 15.0 Å². The lowest BCUT2D eigenvalue weighted by Crippen LogP contribution is -2.41. The molecule has 0 bridgehead atoms. The van der Waals surface area contributed by atoms with E-state index in [1.165, 1.54) is 0 Å². The van der Waals surface area contributed by atoms with E-state index in [9.17, 15) is 15.3 Å². The van der Waals surface area contributed by atoms with E-state index in [-0.39, 0.29) is 12.6 Å². The van der Waals surface area contributed by atoms with E-state index in [0.717, 1.165) is 37.1 Å². The van der Waals surface area contributed by atoms with Crippen LogP contribution in [-0.2, 0) is 9.53 Å². The molecule has 2 atom stereocenters. The summed E-state index contributed by atoms with van der Waals surface area (Å²) in [5, 5.41) is 22.5. The van der Waals surface area contributed by atoms with Crippen LogP contribution in [0.25, 0.3) is 0 Å². The van der Waals surface area contributed by atoms with Gasteiger partial charge in [0, 0.05) is 32.4 Å². The summed E-state index contributed by atoms with van der Waals surface area (Å²) >= 11 is 7.05. The second-order valence-electron chi connectivity index (χ2n) is 9.72. The monoisotopic (exact) mass is 680 g/mol. The van der Waals surface area contributed by atoms with Crippen LogP contribution >= 0.6 is 31.9 Å². The molecule has 4 aromatic carbocycles. The molecule has 208 valence electrons. The summed E-state index contributed by atoms with van der Waals surface area (Å²) in [4.78, 5) is 16.1. The van der Waals surface area contributed by atoms with Gasteiger partial charge in [0.05, 0.1) is 47.5 Å². The topological polar surface area (TPSA) is 89.2 Å². The molecule has 0 aliphatic carbocycles. The number of anilines is 2. The standard InChI is InChI=1S/C34H26Br2N4O2/c1-2-42-34(41)32-30(39-28-15-11-26(35)12-16-28)19-31(24-7-3-22(20-37)4-8-24)40(29-17-13-27(36)14-18-29)33(32)25-9-5-23(21-38)6-10-25/h3-18,31,33,39H,2,19H2,1H3. The van der Waals surface area contributed by atoms with Gasteiger partial charge in [-0.3, -0.25) is 0 Å². The van der Waals surface area contributed by atoms with Crippen LogP contribution in [0.5, 0.6) is 0 Å². The molecule has 0 saturated carbocycles. The van der Waals surface area contributed by atoms with Gasteiger partial charge in [-0.2, -0.15) is 10.5 Å². The predicted molar refractivity (Wildman–Crippen MR) is 170 cm³/mol. The molecule has 0 amide bonds. The molecule has 0 saturated heterocycles. The quantitative estimate of drug-likeness (QED) is 0.197. The molecule has 0 fully saturated rings. The van der Waals surface area contributed by atoms with Crippen LogP contribution in [0.2, 0.25) is 0 Å². The summed E-state index contributed by atoms with van der Waals surface area (Å²) in [5.74, 6) is -0.410. The molecule has 0 aromatic heterocycles. The Morgan fingerprint density at radius 1 is 0.833 bits per heavy atom. The average molecular weight is 682 g/mol. The number of nitrogens with zero attached hydrogens (tertiary/aromatic N) is 3. The van der Waals surface area contributed by atoms with Gasteiger partial charge in [0.1, 0.15) is 0 Å². The molecular weight excluding hydrogens is 656 g/mol. The Morgan fingerprint density at radius 3 is 1.88 bits per heavy atom. The summed E-state index contributed by atoms with van der Waals surface area (Å²) in [7, 11) is 0. The van der Waals surface area contributed by atoms with Crippen LogP contribution in [-0.4, -0.2) is 12.6 Å². The fourth-order valence-electron chi connectivity index (χ4n) is 5.22. The minimum absolute atomic E-state index is 0.212. The fraction of sp³-hybridized carbons (Fsp3) is 0.147. The number of hydrogen-bond acceptors (Lipinski definition) is 6. The lowest BCUT2D eigenvalue weighted by Gasteiger charge is -2.46. The number of esters is 1. The smallest absolute Gasteiger partial charge is 0.338 e. The maximum Gasteiger partial charge on any atom is 0.338 e. The Labute approximate surface area is 262 Å². The van der Waals surface area contributed by atoms with Crippen LogP contribution in [0, 0.1) is 22.7 Å². The number of nitriles is 2. The first-order valence-corrected chi connectivity index (χ1v) is 15.0. The summed E-state index contributed by atoms with van der Waals surface area (Å²) in [6.07, 6.45) is 0.471. The van der Waals surface area contributed by atoms with Gasteiger partial charge in [-0.1, -0.05) is 56.1 Å². The minimum Gasteiger partial charge on any atom is -0.463 e. The first kappa shape index (κ1) is 29.1. The van der Waals surface area contributed by atoms with E-state index in [4.69, 9.17) is 4.74 Å². The van der Waals surface area contributed by atoms with Gasteiger partial charge in [0.25, 0.3) is 0 Å². The van der Waals surface area contributed by atoms with E-state index in [2.05, 4.69) is 54.2 Å². The van der Waals surface area contributed by atoms with E-state index in [1.807, 2.05) is 84.9 Å². The van der Waals surface area contributed by atoms with E-state index in [0.29, 0.717) is 23.1 Å². The molecule has 8 heteroatoms. The van der Waals surface area contributed by atoms with Crippen molar-refractivity contribution in [2.75, 3.05) is 16.8 Å². The highest BCUT2D eigenvalue weighted by molar-refractivity contribution is 9.10. The molecule has 42 heavy (non-hydrogen) atoms. The van der Waals surface area contributed by atoms with Crippen molar-refractivity contribution < 1.29 is 9.53 Å². The average Bonchev–Trinajstić information content (AvgIpc) is 3.02. The Bertz CT molecular complexity index is 1690. The third kappa shape index (κ3) is 6.26. The largest absolute Gasteiger partial charge is 0.463 e. The molecule has 1 N–H and O–H groups in total. The van der Waals surface area contributed by atoms with Gasteiger partial charge in [0.2, 0.25) is 0 Å². The summed E-state index contributed by atoms with van der Waals surface area (Å²) in [6.45, 7) is 2.02.